The van der Waals surface area contributed by atoms with Gasteiger partial charge < -0.3 is 0 Å². The zero-order chi connectivity index (χ0) is 19.4. The first-order valence-corrected chi connectivity index (χ1v) is 11.5. The first-order chi connectivity index (χ1) is 12.2. The second-order valence-corrected chi connectivity index (χ2v) is 9.65. The molecular weight excluding hydrogens is 427 g/mol. The molecule has 0 heterocycles. The van der Waals surface area contributed by atoms with Gasteiger partial charge in [0, 0.05) is 9.84 Å². The van der Waals surface area contributed by atoms with Crippen molar-refractivity contribution in [2.24, 2.45) is 5.92 Å². The van der Waals surface area contributed by atoms with Crippen LogP contribution in [-0.4, -0.2) is 4.43 Å². The van der Waals surface area contributed by atoms with E-state index in [1.807, 2.05) is 0 Å². The van der Waals surface area contributed by atoms with Crippen LogP contribution in [0.15, 0.2) is 48.5 Å². The van der Waals surface area contributed by atoms with Crippen LogP contribution >= 0.6 is 22.6 Å². The Bertz CT molecular complexity index is 673. The molecule has 0 N–H and O–H groups in total. The largest absolute Gasteiger partial charge is 0.0861 e. The number of rotatable bonds is 8. The Balaban J connectivity index is 2.24. The molecule has 0 bridgehead atoms. The van der Waals surface area contributed by atoms with E-state index in [9.17, 15) is 0 Å². The van der Waals surface area contributed by atoms with Crippen molar-refractivity contribution in [3.05, 3.63) is 70.8 Å². The average Bonchev–Trinajstić information content (AvgIpc) is 2.66. The lowest BCUT2D eigenvalue weighted by Crippen LogP contribution is -2.23. The summed E-state index contributed by atoms with van der Waals surface area (Å²) < 4.78 is 1.25. The van der Waals surface area contributed by atoms with Crippen LogP contribution < -0.4 is 0 Å². The molecule has 0 saturated heterocycles. The highest BCUT2D eigenvalue weighted by Crippen LogP contribution is 2.36. The van der Waals surface area contributed by atoms with Crippen molar-refractivity contribution in [1.29, 1.82) is 0 Å². The molecule has 0 nitrogen and oxygen atoms in total. The predicted octanol–water partition coefficient (Wildman–Crippen LogP) is 7.70. The van der Waals surface area contributed by atoms with Crippen LogP contribution in [-0.2, 0) is 17.3 Å². The number of aryl methyl sites for hydroxylation is 1. The van der Waals surface area contributed by atoms with Gasteiger partial charge in [0.2, 0.25) is 0 Å². The Morgan fingerprint density at radius 3 is 1.65 bits per heavy atom. The molecule has 0 radical (unpaired) electrons. The summed E-state index contributed by atoms with van der Waals surface area (Å²) in [6, 6.07) is 18.5. The number of benzene rings is 2. The number of hydrogen-bond acceptors (Lipinski definition) is 0. The van der Waals surface area contributed by atoms with E-state index in [0.717, 1.165) is 12.3 Å². The van der Waals surface area contributed by atoms with Crippen LogP contribution in [0.25, 0.3) is 0 Å². The van der Waals surface area contributed by atoms with Crippen LogP contribution in [0.5, 0.6) is 0 Å². The van der Waals surface area contributed by atoms with Crippen molar-refractivity contribution in [2.75, 3.05) is 4.43 Å². The minimum absolute atomic E-state index is 0.0309. The topological polar surface area (TPSA) is 0 Å². The lowest BCUT2D eigenvalue weighted by atomic mass is 9.74. The maximum absolute atomic E-state index is 2.54. The van der Waals surface area contributed by atoms with Gasteiger partial charge >= 0.3 is 0 Å². The lowest BCUT2D eigenvalue weighted by molar-refractivity contribution is 0.380. The molecule has 0 aliphatic carbocycles. The monoisotopic (exact) mass is 462 g/mol. The van der Waals surface area contributed by atoms with Gasteiger partial charge in [-0.2, -0.15) is 0 Å². The fraction of sp³-hybridized carbons (Fsp3) is 0.520. The Hall–Kier alpha value is -0.830. The molecule has 142 valence electrons. The standard InChI is InChI=1S/C25H35I/c1-7-19-9-11-22(12-10-19)25(5,6)23-15-13-21(14-16-23)24(3,4)17-20(8-2)18-26/h9-16,20H,7-8,17-18H2,1-6H3. The molecular formula is C25H35I. The van der Waals surface area contributed by atoms with Gasteiger partial charge in [-0.25, -0.2) is 0 Å². The third kappa shape index (κ3) is 4.91. The Labute approximate surface area is 174 Å². The molecule has 0 saturated carbocycles. The molecule has 1 atom stereocenters. The van der Waals surface area contributed by atoms with E-state index in [1.165, 1.54) is 39.5 Å². The van der Waals surface area contributed by atoms with Crippen LogP contribution in [0.1, 0.15) is 76.6 Å². The van der Waals surface area contributed by atoms with Crippen molar-refractivity contribution in [2.45, 2.75) is 71.6 Å². The molecule has 2 aromatic carbocycles. The van der Waals surface area contributed by atoms with E-state index in [4.69, 9.17) is 0 Å². The number of hydrogen-bond donors (Lipinski definition) is 0. The highest BCUT2D eigenvalue weighted by Gasteiger charge is 2.26. The summed E-state index contributed by atoms with van der Waals surface area (Å²) in [4.78, 5) is 0. The van der Waals surface area contributed by atoms with E-state index in [1.54, 1.807) is 0 Å². The Kier molecular flexibility index (Phi) is 7.35. The zero-order valence-corrected chi connectivity index (χ0v) is 19.6. The van der Waals surface area contributed by atoms with Gasteiger partial charge in [0.05, 0.1) is 0 Å². The highest BCUT2D eigenvalue weighted by atomic mass is 127. The van der Waals surface area contributed by atoms with Crippen LogP contribution in [0, 0.1) is 5.92 Å². The van der Waals surface area contributed by atoms with Gasteiger partial charge in [-0.3, -0.25) is 0 Å². The van der Waals surface area contributed by atoms with E-state index < -0.39 is 0 Å². The Morgan fingerprint density at radius 2 is 1.23 bits per heavy atom. The maximum Gasteiger partial charge on any atom is 0.0146 e. The first-order valence-electron chi connectivity index (χ1n) is 10.0. The summed E-state index contributed by atoms with van der Waals surface area (Å²) in [5.41, 5.74) is 5.91. The van der Waals surface area contributed by atoms with E-state index in [0.29, 0.717) is 0 Å². The fourth-order valence-corrected chi connectivity index (χ4v) is 4.74. The first kappa shape index (κ1) is 21.5. The summed E-state index contributed by atoms with van der Waals surface area (Å²) in [6.45, 7) is 14.0. The third-order valence-electron chi connectivity index (χ3n) is 6.07. The predicted molar refractivity (Wildman–Crippen MR) is 125 cm³/mol. The van der Waals surface area contributed by atoms with Crippen molar-refractivity contribution >= 4 is 22.6 Å². The van der Waals surface area contributed by atoms with Gasteiger partial charge in [-0.1, -0.05) is 119 Å². The summed E-state index contributed by atoms with van der Waals surface area (Å²) in [5, 5.41) is 0. The summed E-state index contributed by atoms with van der Waals surface area (Å²) in [7, 11) is 0. The molecule has 0 aliphatic heterocycles. The highest BCUT2D eigenvalue weighted by molar-refractivity contribution is 14.1. The molecule has 1 heteroatoms. The smallest absolute Gasteiger partial charge is 0.0146 e. The number of halogens is 1. The molecule has 1 unspecified atom stereocenters. The zero-order valence-electron chi connectivity index (χ0n) is 17.4. The minimum Gasteiger partial charge on any atom is -0.0861 e. The molecule has 26 heavy (non-hydrogen) atoms. The third-order valence-corrected chi connectivity index (χ3v) is 7.31. The van der Waals surface area contributed by atoms with Gasteiger partial charge in [-0.15, -0.1) is 0 Å². The summed E-state index contributed by atoms with van der Waals surface area (Å²) in [5.74, 6) is 0.804. The van der Waals surface area contributed by atoms with Crippen molar-refractivity contribution in [3.63, 3.8) is 0 Å². The van der Waals surface area contributed by atoms with Crippen LogP contribution in [0.3, 0.4) is 0 Å². The van der Waals surface area contributed by atoms with Crippen molar-refractivity contribution < 1.29 is 0 Å². The summed E-state index contributed by atoms with van der Waals surface area (Å²) in [6.07, 6.45) is 3.62. The molecule has 0 spiro atoms. The normalized spacial score (nSPS) is 13.7. The number of alkyl halides is 1. The summed E-state index contributed by atoms with van der Waals surface area (Å²) >= 11 is 2.54. The lowest BCUT2D eigenvalue weighted by Gasteiger charge is -2.31. The molecule has 0 amide bonds. The fourth-order valence-electron chi connectivity index (χ4n) is 3.81. The van der Waals surface area contributed by atoms with E-state index >= 15 is 0 Å². The van der Waals surface area contributed by atoms with E-state index in [-0.39, 0.29) is 10.8 Å². The van der Waals surface area contributed by atoms with Gasteiger partial charge in [-0.05, 0) is 46.4 Å². The second-order valence-electron chi connectivity index (χ2n) is 8.77. The van der Waals surface area contributed by atoms with Crippen LogP contribution in [0.4, 0.5) is 0 Å². The molecule has 0 aromatic heterocycles. The molecule has 0 fully saturated rings. The van der Waals surface area contributed by atoms with Crippen molar-refractivity contribution in [3.8, 4) is 0 Å². The van der Waals surface area contributed by atoms with Gasteiger partial charge in [0.1, 0.15) is 0 Å². The van der Waals surface area contributed by atoms with Crippen LogP contribution in [0.2, 0.25) is 0 Å². The molecule has 2 rings (SSSR count). The van der Waals surface area contributed by atoms with Crippen molar-refractivity contribution in [1.82, 2.24) is 0 Å². The van der Waals surface area contributed by atoms with E-state index in [2.05, 4.69) is 113 Å². The molecule has 0 aliphatic rings. The molecule has 2 aromatic rings. The minimum atomic E-state index is 0.0309. The quantitative estimate of drug-likeness (QED) is 0.279. The SMILES string of the molecule is CCc1ccc(C(C)(C)c2ccc(C(C)(C)CC(CC)CI)cc2)cc1. The Morgan fingerprint density at radius 1 is 0.769 bits per heavy atom. The van der Waals surface area contributed by atoms with Gasteiger partial charge in [0.25, 0.3) is 0 Å². The average molecular weight is 462 g/mol. The second kappa shape index (κ2) is 8.91. The van der Waals surface area contributed by atoms with Gasteiger partial charge in [0.15, 0.2) is 0 Å². The maximum atomic E-state index is 2.54.